The minimum Gasteiger partial charge on any atom is -0.480 e. The summed E-state index contributed by atoms with van der Waals surface area (Å²) < 4.78 is 1.71. The van der Waals surface area contributed by atoms with Gasteiger partial charge in [-0.25, -0.2) is 0 Å². The predicted molar refractivity (Wildman–Crippen MR) is 62.2 cm³/mol. The fourth-order valence-electron chi connectivity index (χ4n) is 1.58. The maximum Gasteiger partial charge on any atom is 0.320 e. The van der Waals surface area contributed by atoms with E-state index in [-0.39, 0.29) is 0 Å². The molecular formula is C12H14N3O2+. The molecule has 1 aromatic carbocycles. The molecule has 0 aliphatic rings. The summed E-state index contributed by atoms with van der Waals surface area (Å²) in [5.74, 6) is -0.980. The number of hydrogen-bond acceptors (Lipinski definition) is 3. The highest BCUT2D eigenvalue weighted by Crippen LogP contribution is 2.06. The number of benzene rings is 1. The van der Waals surface area contributed by atoms with Crippen molar-refractivity contribution in [3.63, 3.8) is 0 Å². The number of hydrogen-bond donors (Lipinski definition) is 2. The second-order valence-corrected chi connectivity index (χ2v) is 3.87. The molecule has 0 amide bonds. The monoisotopic (exact) mass is 232 g/mol. The van der Waals surface area contributed by atoms with Crippen molar-refractivity contribution in [2.75, 3.05) is 0 Å². The normalized spacial score (nSPS) is 12.5. The van der Waals surface area contributed by atoms with E-state index in [1.54, 1.807) is 4.68 Å². The Morgan fingerprint density at radius 3 is 2.94 bits per heavy atom. The zero-order valence-corrected chi connectivity index (χ0v) is 9.28. The molecule has 2 aromatic rings. The molecule has 0 unspecified atom stereocenters. The molecule has 0 aliphatic heterocycles. The van der Waals surface area contributed by atoms with Crippen molar-refractivity contribution in [2.24, 2.45) is 5.73 Å². The van der Waals surface area contributed by atoms with Gasteiger partial charge in [0.2, 0.25) is 0 Å². The molecule has 0 fully saturated rings. The van der Waals surface area contributed by atoms with E-state index < -0.39 is 12.0 Å². The summed E-state index contributed by atoms with van der Waals surface area (Å²) in [5.41, 5.74) is 6.32. The minimum absolute atomic E-state index is 0.366. The van der Waals surface area contributed by atoms with Gasteiger partial charge >= 0.3 is 5.97 Å². The van der Waals surface area contributed by atoms with Crippen LogP contribution in [0.5, 0.6) is 0 Å². The summed E-state index contributed by atoms with van der Waals surface area (Å²) in [7, 11) is 0. The van der Waals surface area contributed by atoms with Gasteiger partial charge in [0.05, 0.1) is 0 Å². The zero-order chi connectivity index (χ0) is 12.3. The number of carbonyl (C=O) groups is 1. The molecule has 1 atom stereocenters. The number of carboxylic acids is 1. The highest BCUT2D eigenvalue weighted by molar-refractivity contribution is 5.76. The smallest absolute Gasteiger partial charge is 0.320 e. The Balaban J connectivity index is 2.12. The fraction of sp³-hybridized carbons (Fsp3) is 0.250. The molecule has 88 valence electrons. The Hall–Kier alpha value is -2.01. The van der Waals surface area contributed by atoms with Crippen LogP contribution in [0.15, 0.2) is 36.5 Å². The average Bonchev–Trinajstić information content (AvgIpc) is 2.35. The van der Waals surface area contributed by atoms with Crippen LogP contribution in [0.1, 0.15) is 6.42 Å². The van der Waals surface area contributed by atoms with Gasteiger partial charge in [-0.05, 0) is 6.07 Å². The van der Waals surface area contributed by atoms with E-state index in [0.717, 1.165) is 10.9 Å². The van der Waals surface area contributed by atoms with Crippen LogP contribution in [-0.2, 0) is 11.3 Å². The Bertz CT molecular complexity index is 542. The summed E-state index contributed by atoms with van der Waals surface area (Å²) in [6.07, 6.45) is 2.20. The SMILES string of the molecule is N[C@H](CC[n+]1ccc2ccccc2n1)C(=O)O. The molecule has 0 bridgehead atoms. The van der Waals surface area contributed by atoms with Crippen LogP contribution in [0, 0.1) is 0 Å². The lowest BCUT2D eigenvalue weighted by Crippen LogP contribution is -2.42. The molecule has 0 saturated heterocycles. The third kappa shape index (κ3) is 2.76. The van der Waals surface area contributed by atoms with E-state index in [1.165, 1.54) is 0 Å². The second kappa shape index (κ2) is 4.88. The highest BCUT2D eigenvalue weighted by atomic mass is 16.4. The lowest BCUT2D eigenvalue weighted by molar-refractivity contribution is -0.752. The highest BCUT2D eigenvalue weighted by Gasteiger charge is 2.14. The van der Waals surface area contributed by atoms with Gasteiger partial charge in [0.25, 0.3) is 0 Å². The summed E-state index contributed by atoms with van der Waals surface area (Å²) >= 11 is 0. The number of fused-ring (bicyclic) bond motifs is 1. The molecule has 5 nitrogen and oxygen atoms in total. The molecule has 0 spiro atoms. The van der Waals surface area contributed by atoms with Crippen molar-refractivity contribution in [3.05, 3.63) is 36.5 Å². The first kappa shape index (κ1) is 11.5. The van der Waals surface area contributed by atoms with Crippen LogP contribution in [0.2, 0.25) is 0 Å². The molecule has 1 heterocycles. The van der Waals surface area contributed by atoms with Crippen molar-refractivity contribution in [3.8, 4) is 0 Å². The first-order valence-electron chi connectivity index (χ1n) is 5.41. The number of nitrogens with zero attached hydrogens (tertiary/aromatic N) is 2. The molecule has 0 aliphatic carbocycles. The first-order valence-corrected chi connectivity index (χ1v) is 5.41. The Morgan fingerprint density at radius 1 is 1.41 bits per heavy atom. The Kier molecular flexibility index (Phi) is 3.30. The Labute approximate surface area is 98.5 Å². The third-order valence-corrected chi connectivity index (χ3v) is 2.59. The predicted octanol–water partition coefficient (Wildman–Crippen LogP) is 0.324. The van der Waals surface area contributed by atoms with Gasteiger partial charge in [-0.3, -0.25) is 4.79 Å². The molecule has 3 N–H and O–H groups in total. The van der Waals surface area contributed by atoms with E-state index in [1.807, 2.05) is 36.5 Å². The molecule has 0 radical (unpaired) electrons. The molecule has 17 heavy (non-hydrogen) atoms. The summed E-state index contributed by atoms with van der Waals surface area (Å²) in [5, 5.41) is 14.1. The van der Waals surface area contributed by atoms with Crippen LogP contribution in [0.3, 0.4) is 0 Å². The van der Waals surface area contributed by atoms with E-state index in [4.69, 9.17) is 10.8 Å². The van der Waals surface area contributed by atoms with Gasteiger partial charge < -0.3 is 10.8 Å². The number of rotatable bonds is 4. The molecule has 0 saturated carbocycles. The largest absolute Gasteiger partial charge is 0.480 e. The number of aryl methyl sites for hydroxylation is 1. The number of aromatic nitrogens is 2. The summed E-state index contributed by atoms with van der Waals surface area (Å²) in [4.78, 5) is 10.6. The zero-order valence-electron chi connectivity index (χ0n) is 9.28. The van der Waals surface area contributed by atoms with Gasteiger partial charge in [-0.15, -0.1) is 0 Å². The van der Waals surface area contributed by atoms with Crippen LogP contribution in [0.4, 0.5) is 0 Å². The maximum absolute atomic E-state index is 10.6. The van der Waals surface area contributed by atoms with Crippen LogP contribution >= 0.6 is 0 Å². The van der Waals surface area contributed by atoms with Gasteiger partial charge in [0.1, 0.15) is 11.6 Å². The number of carboxylic acid groups (broad SMARTS) is 1. The van der Waals surface area contributed by atoms with E-state index in [2.05, 4.69) is 5.10 Å². The van der Waals surface area contributed by atoms with Crippen LogP contribution < -0.4 is 10.4 Å². The molecular weight excluding hydrogens is 218 g/mol. The van der Waals surface area contributed by atoms with Gasteiger partial charge in [-0.2, -0.15) is 0 Å². The Morgan fingerprint density at radius 2 is 2.18 bits per heavy atom. The standard InChI is InChI=1S/C12H13N3O2/c13-10(12(16)17)6-8-15-7-5-9-3-1-2-4-11(9)14-15/h1-5,7,10H,6,8,13H2/p+1/t10-/m1/s1. The van der Waals surface area contributed by atoms with E-state index >= 15 is 0 Å². The fourth-order valence-corrected chi connectivity index (χ4v) is 1.58. The van der Waals surface area contributed by atoms with Crippen LogP contribution in [-0.4, -0.2) is 22.2 Å². The van der Waals surface area contributed by atoms with Crippen molar-refractivity contribution >= 4 is 16.9 Å². The van der Waals surface area contributed by atoms with E-state index in [0.29, 0.717) is 13.0 Å². The minimum atomic E-state index is -0.980. The van der Waals surface area contributed by atoms with Crippen molar-refractivity contribution in [1.82, 2.24) is 5.10 Å². The average molecular weight is 232 g/mol. The number of aliphatic carboxylic acids is 1. The van der Waals surface area contributed by atoms with E-state index in [9.17, 15) is 4.79 Å². The van der Waals surface area contributed by atoms with Gasteiger partial charge in [-0.1, -0.05) is 22.9 Å². The first-order chi connectivity index (χ1) is 8.16. The summed E-state index contributed by atoms with van der Waals surface area (Å²) in [6, 6.07) is 8.89. The topological polar surface area (TPSA) is 80.1 Å². The van der Waals surface area contributed by atoms with Gasteiger partial charge in [0, 0.05) is 23.0 Å². The second-order valence-electron chi connectivity index (χ2n) is 3.87. The van der Waals surface area contributed by atoms with Crippen molar-refractivity contribution < 1.29 is 14.6 Å². The van der Waals surface area contributed by atoms with Crippen molar-refractivity contribution in [1.29, 1.82) is 0 Å². The van der Waals surface area contributed by atoms with Crippen molar-refractivity contribution in [2.45, 2.75) is 19.0 Å². The summed E-state index contributed by atoms with van der Waals surface area (Å²) in [6.45, 7) is 0.498. The molecule has 1 aromatic heterocycles. The van der Waals surface area contributed by atoms with Gasteiger partial charge in [0.15, 0.2) is 12.7 Å². The quantitative estimate of drug-likeness (QED) is 0.744. The number of nitrogens with two attached hydrogens (primary N) is 1. The van der Waals surface area contributed by atoms with Crippen LogP contribution in [0.25, 0.3) is 10.9 Å². The molecule has 5 heteroatoms. The maximum atomic E-state index is 10.6. The molecule has 2 rings (SSSR count). The lowest BCUT2D eigenvalue weighted by atomic mass is 10.2. The third-order valence-electron chi connectivity index (χ3n) is 2.59. The lowest BCUT2D eigenvalue weighted by Gasteiger charge is -2.02.